The van der Waals surface area contributed by atoms with Crippen LogP contribution >= 0.6 is 0 Å². The number of aromatic nitrogens is 2. The molecule has 0 fully saturated rings. The summed E-state index contributed by atoms with van der Waals surface area (Å²) in [7, 11) is 0. The lowest BCUT2D eigenvalue weighted by Gasteiger charge is -2.21. The predicted molar refractivity (Wildman–Crippen MR) is 92.3 cm³/mol. The Morgan fingerprint density at radius 2 is 1.83 bits per heavy atom. The molecule has 122 valence electrons. The zero-order chi connectivity index (χ0) is 16.7. The van der Waals surface area contributed by atoms with E-state index in [9.17, 15) is 4.79 Å². The zero-order valence-corrected chi connectivity index (χ0v) is 14.0. The van der Waals surface area contributed by atoms with Crippen LogP contribution in [0.5, 0.6) is 0 Å². The van der Waals surface area contributed by atoms with Gasteiger partial charge in [0.05, 0.1) is 5.56 Å². The Hall–Kier alpha value is -2.43. The number of hydrogen-bond acceptors (Lipinski definition) is 4. The molecule has 0 saturated carbocycles. The normalized spacial score (nSPS) is 11.8. The van der Waals surface area contributed by atoms with Crippen molar-refractivity contribution in [2.24, 2.45) is 0 Å². The molecule has 2 aromatic rings. The van der Waals surface area contributed by atoms with Crippen molar-refractivity contribution in [3.05, 3.63) is 53.9 Å². The smallest absolute Gasteiger partial charge is 0.257 e. The number of rotatable bonds is 7. The van der Waals surface area contributed by atoms with Crippen molar-refractivity contribution in [3.8, 4) is 0 Å². The molecule has 1 heterocycles. The van der Waals surface area contributed by atoms with Crippen LogP contribution in [0.2, 0.25) is 0 Å². The molecule has 1 atom stereocenters. The standard InChI is InChI=1S/C18H24N4O/c1-4-14(3)21-18-19-11-16(12-20-18)17(23)22(5-2)13-15-9-7-6-8-10-15/h6-12,14H,4-5,13H2,1-3H3,(H,19,20,21). The molecule has 0 bridgehead atoms. The van der Waals surface area contributed by atoms with E-state index in [-0.39, 0.29) is 5.91 Å². The van der Waals surface area contributed by atoms with E-state index >= 15 is 0 Å². The van der Waals surface area contributed by atoms with Crippen molar-refractivity contribution >= 4 is 11.9 Å². The number of benzene rings is 1. The fourth-order valence-corrected chi connectivity index (χ4v) is 2.15. The van der Waals surface area contributed by atoms with Gasteiger partial charge >= 0.3 is 0 Å². The van der Waals surface area contributed by atoms with Crippen molar-refractivity contribution in [2.45, 2.75) is 39.8 Å². The Kier molecular flexibility index (Phi) is 6.09. The van der Waals surface area contributed by atoms with Crippen LogP contribution in [0.4, 0.5) is 5.95 Å². The minimum Gasteiger partial charge on any atom is -0.352 e. The molecule has 1 aromatic heterocycles. The van der Waals surface area contributed by atoms with Gasteiger partial charge in [0.2, 0.25) is 5.95 Å². The van der Waals surface area contributed by atoms with Gasteiger partial charge in [0, 0.05) is 31.5 Å². The van der Waals surface area contributed by atoms with E-state index in [0.29, 0.717) is 30.6 Å². The van der Waals surface area contributed by atoms with Gasteiger partial charge in [-0.05, 0) is 25.8 Å². The first kappa shape index (κ1) is 16.9. The molecular formula is C18H24N4O. The average Bonchev–Trinajstić information content (AvgIpc) is 2.60. The SMILES string of the molecule is CCC(C)Nc1ncc(C(=O)N(CC)Cc2ccccc2)cn1. The Morgan fingerprint density at radius 3 is 2.39 bits per heavy atom. The highest BCUT2D eigenvalue weighted by molar-refractivity contribution is 5.93. The third-order valence-electron chi connectivity index (χ3n) is 3.77. The fraction of sp³-hybridized carbons (Fsp3) is 0.389. The Morgan fingerprint density at radius 1 is 1.17 bits per heavy atom. The van der Waals surface area contributed by atoms with Gasteiger partial charge in [0.25, 0.3) is 5.91 Å². The summed E-state index contributed by atoms with van der Waals surface area (Å²) in [5.74, 6) is 0.508. The van der Waals surface area contributed by atoms with Crippen LogP contribution in [0.15, 0.2) is 42.7 Å². The second-order valence-corrected chi connectivity index (χ2v) is 5.55. The van der Waals surface area contributed by atoms with Gasteiger partial charge < -0.3 is 10.2 Å². The summed E-state index contributed by atoms with van der Waals surface area (Å²) in [5, 5.41) is 3.19. The molecule has 0 aliphatic heterocycles. The molecule has 1 N–H and O–H groups in total. The molecule has 0 aliphatic carbocycles. The maximum Gasteiger partial charge on any atom is 0.257 e. The first-order chi connectivity index (χ1) is 11.1. The molecule has 0 radical (unpaired) electrons. The van der Waals surface area contributed by atoms with E-state index in [4.69, 9.17) is 0 Å². The summed E-state index contributed by atoms with van der Waals surface area (Å²) in [5.41, 5.74) is 1.62. The number of anilines is 1. The quantitative estimate of drug-likeness (QED) is 0.852. The number of carbonyl (C=O) groups is 1. The Bertz CT molecular complexity index is 613. The summed E-state index contributed by atoms with van der Waals surface area (Å²) in [6.45, 7) is 7.36. The van der Waals surface area contributed by atoms with E-state index in [0.717, 1.165) is 12.0 Å². The zero-order valence-electron chi connectivity index (χ0n) is 14.0. The van der Waals surface area contributed by atoms with Crippen LogP contribution in [0.25, 0.3) is 0 Å². The van der Waals surface area contributed by atoms with Gasteiger partial charge in [-0.25, -0.2) is 9.97 Å². The molecule has 1 unspecified atom stereocenters. The lowest BCUT2D eigenvalue weighted by molar-refractivity contribution is 0.0752. The number of amides is 1. The summed E-state index contributed by atoms with van der Waals surface area (Å²) in [6, 6.07) is 10.3. The second-order valence-electron chi connectivity index (χ2n) is 5.55. The first-order valence-electron chi connectivity index (χ1n) is 8.05. The monoisotopic (exact) mass is 312 g/mol. The van der Waals surface area contributed by atoms with Crippen molar-refractivity contribution in [1.29, 1.82) is 0 Å². The first-order valence-corrected chi connectivity index (χ1v) is 8.05. The van der Waals surface area contributed by atoms with Crippen molar-refractivity contribution < 1.29 is 4.79 Å². The van der Waals surface area contributed by atoms with Crippen LogP contribution in [0.1, 0.15) is 43.1 Å². The Labute approximate surface area is 137 Å². The summed E-state index contributed by atoms with van der Waals surface area (Å²) >= 11 is 0. The maximum atomic E-state index is 12.6. The van der Waals surface area contributed by atoms with E-state index in [1.54, 1.807) is 17.3 Å². The molecule has 0 saturated heterocycles. The highest BCUT2D eigenvalue weighted by Gasteiger charge is 2.15. The van der Waals surface area contributed by atoms with Crippen LogP contribution in [0.3, 0.4) is 0 Å². The molecule has 0 aliphatic rings. The lowest BCUT2D eigenvalue weighted by Crippen LogP contribution is -2.30. The molecular weight excluding hydrogens is 288 g/mol. The Balaban J connectivity index is 2.05. The van der Waals surface area contributed by atoms with Gasteiger partial charge in [-0.15, -0.1) is 0 Å². The molecule has 0 spiro atoms. The van der Waals surface area contributed by atoms with Gasteiger partial charge in [-0.3, -0.25) is 4.79 Å². The van der Waals surface area contributed by atoms with Crippen molar-refractivity contribution in [2.75, 3.05) is 11.9 Å². The summed E-state index contributed by atoms with van der Waals surface area (Å²) in [4.78, 5) is 22.9. The maximum absolute atomic E-state index is 12.6. The van der Waals surface area contributed by atoms with Gasteiger partial charge in [0.15, 0.2) is 0 Å². The van der Waals surface area contributed by atoms with E-state index in [1.807, 2.05) is 37.3 Å². The number of carbonyl (C=O) groups excluding carboxylic acids is 1. The second kappa shape index (κ2) is 8.27. The molecule has 5 nitrogen and oxygen atoms in total. The summed E-state index contributed by atoms with van der Waals surface area (Å²) < 4.78 is 0. The molecule has 1 aromatic carbocycles. The molecule has 23 heavy (non-hydrogen) atoms. The highest BCUT2D eigenvalue weighted by atomic mass is 16.2. The number of nitrogens with zero attached hydrogens (tertiary/aromatic N) is 3. The van der Waals surface area contributed by atoms with E-state index in [2.05, 4.69) is 29.1 Å². The average molecular weight is 312 g/mol. The highest BCUT2D eigenvalue weighted by Crippen LogP contribution is 2.10. The van der Waals surface area contributed by atoms with Crippen LogP contribution in [0, 0.1) is 0 Å². The lowest BCUT2D eigenvalue weighted by atomic mass is 10.2. The van der Waals surface area contributed by atoms with Crippen molar-refractivity contribution in [3.63, 3.8) is 0 Å². The topological polar surface area (TPSA) is 58.1 Å². The van der Waals surface area contributed by atoms with E-state index < -0.39 is 0 Å². The van der Waals surface area contributed by atoms with Crippen molar-refractivity contribution in [1.82, 2.24) is 14.9 Å². The van der Waals surface area contributed by atoms with E-state index in [1.165, 1.54) is 0 Å². The number of hydrogen-bond donors (Lipinski definition) is 1. The predicted octanol–water partition coefficient (Wildman–Crippen LogP) is 3.35. The van der Waals surface area contributed by atoms with Crippen LogP contribution in [-0.2, 0) is 6.54 Å². The fourth-order valence-electron chi connectivity index (χ4n) is 2.15. The number of nitrogens with one attached hydrogen (secondary N) is 1. The molecule has 5 heteroatoms. The van der Waals surface area contributed by atoms with Gasteiger partial charge in [-0.1, -0.05) is 37.3 Å². The van der Waals surface area contributed by atoms with Gasteiger partial charge in [-0.2, -0.15) is 0 Å². The van der Waals surface area contributed by atoms with Crippen LogP contribution < -0.4 is 5.32 Å². The largest absolute Gasteiger partial charge is 0.352 e. The third-order valence-corrected chi connectivity index (χ3v) is 3.77. The van der Waals surface area contributed by atoms with Crippen LogP contribution in [-0.4, -0.2) is 33.4 Å². The third kappa shape index (κ3) is 4.77. The minimum absolute atomic E-state index is 0.0496. The summed E-state index contributed by atoms with van der Waals surface area (Å²) in [6.07, 6.45) is 4.17. The molecule has 2 rings (SSSR count). The molecule has 1 amide bonds. The minimum atomic E-state index is -0.0496. The van der Waals surface area contributed by atoms with Gasteiger partial charge in [0.1, 0.15) is 0 Å².